The molecule has 1 aromatic carbocycles. The first-order valence-electron chi connectivity index (χ1n) is 8.86. The Labute approximate surface area is 160 Å². The van der Waals surface area contributed by atoms with Crippen LogP contribution in [0.25, 0.3) is 22.5 Å². The maximum Gasteiger partial charge on any atom is 0.258 e. The van der Waals surface area contributed by atoms with Gasteiger partial charge in [-0.05, 0) is 24.3 Å². The van der Waals surface area contributed by atoms with E-state index in [0.29, 0.717) is 17.9 Å². The molecule has 136 valence electrons. The van der Waals surface area contributed by atoms with E-state index in [2.05, 4.69) is 15.2 Å². The van der Waals surface area contributed by atoms with Crippen molar-refractivity contribution in [3.8, 4) is 16.8 Å². The lowest BCUT2D eigenvalue weighted by Gasteiger charge is -2.04. The van der Waals surface area contributed by atoms with Crippen LogP contribution in [0.1, 0.15) is 5.69 Å². The second-order valence-electron chi connectivity index (χ2n) is 6.45. The van der Waals surface area contributed by atoms with Crippen molar-refractivity contribution < 1.29 is 0 Å². The molecule has 0 aliphatic rings. The topological polar surface area (TPSA) is 70.0 Å². The number of rotatable bonds is 4. The van der Waals surface area contributed by atoms with Gasteiger partial charge in [-0.15, -0.1) is 0 Å². The molecule has 5 rings (SSSR count). The third-order valence-corrected chi connectivity index (χ3v) is 4.52. The zero-order chi connectivity index (χ0) is 18.9. The van der Waals surface area contributed by atoms with Crippen molar-refractivity contribution in [3.05, 3.63) is 102 Å². The molecule has 0 fully saturated rings. The van der Waals surface area contributed by atoms with Crippen LogP contribution in [0.4, 0.5) is 0 Å². The number of aromatic nitrogens is 6. The van der Waals surface area contributed by atoms with Crippen LogP contribution in [0.5, 0.6) is 0 Å². The predicted molar refractivity (Wildman–Crippen MR) is 105 cm³/mol. The van der Waals surface area contributed by atoms with Crippen LogP contribution < -0.4 is 5.56 Å². The number of fused-ring (bicyclic) bond motifs is 1. The largest absolute Gasteiger partial charge is 0.269 e. The maximum absolute atomic E-state index is 12.2. The summed E-state index contributed by atoms with van der Waals surface area (Å²) in [5.41, 5.74) is 4.13. The van der Waals surface area contributed by atoms with Crippen LogP contribution in [-0.2, 0) is 6.54 Å². The van der Waals surface area contributed by atoms with Gasteiger partial charge >= 0.3 is 0 Å². The minimum absolute atomic E-state index is 0.0999. The third kappa shape index (κ3) is 2.99. The fraction of sp³-hybridized carbons (Fsp3) is 0.0476. The van der Waals surface area contributed by atoms with Gasteiger partial charge < -0.3 is 0 Å². The molecule has 0 saturated carbocycles. The Morgan fingerprint density at radius 1 is 0.857 bits per heavy atom. The lowest BCUT2D eigenvalue weighted by Crippen LogP contribution is -2.16. The standard InChI is InChI=1S/C21H16N6O/c28-21-10-18(24-20-8-4-5-9-26(20)21)15-25-13-16(11-22-25)17-12-23-27(14-17)19-6-2-1-3-7-19/h1-14H,15H2. The average Bonchev–Trinajstić information content (AvgIpc) is 3.38. The summed E-state index contributed by atoms with van der Waals surface area (Å²) in [7, 11) is 0. The lowest BCUT2D eigenvalue weighted by molar-refractivity contribution is 0.671. The first-order valence-corrected chi connectivity index (χ1v) is 8.86. The Balaban J connectivity index is 1.41. The molecule has 0 spiro atoms. The van der Waals surface area contributed by atoms with E-state index < -0.39 is 0 Å². The molecule has 7 nitrogen and oxygen atoms in total. The Hall–Kier alpha value is -4.00. The van der Waals surface area contributed by atoms with Crippen molar-refractivity contribution in [3.63, 3.8) is 0 Å². The van der Waals surface area contributed by atoms with Gasteiger partial charge in [-0.3, -0.25) is 13.9 Å². The number of hydrogen-bond donors (Lipinski definition) is 0. The number of pyridine rings is 1. The van der Waals surface area contributed by atoms with E-state index in [-0.39, 0.29) is 5.56 Å². The molecule has 0 saturated heterocycles. The second kappa shape index (κ2) is 6.62. The molecule has 28 heavy (non-hydrogen) atoms. The van der Waals surface area contributed by atoms with Gasteiger partial charge in [0.2, 0.25) is 0 Å². The van der Waals surface area contributed by atoms with Gasteiger partial charge in [-0.2, -0.15) is 10.2 Å². The monoisotopic (exact) mass is 368 g/mol. The average molecular weight is 368 g/mol. The minimum Gasteiger partial charge on any atom is -0.269 e. The molecule has 0 aliphatic heterocycles. The van der Waals surface area contributed by atoms with E-state index in [1.807, 2.05) is 71.8 Å². The first-order chi connectivity index (χ1) is 13.8. The molecule has 0 radical (unpaired) electrons. The Kier molecular flexibility index (Phi) is 3.83. The Bertz CT molecular complexity index is 1320. The van der Waals surface area contributed by atoms with Gasteiger partial charge in [-0.1, -0.05) is 24.3 Å². The zero-order valence-corrected chi connectivity index (χ0v) is 14.9. The van der Waals surface area contributed by atoms with Gasteiger partial charge in [-0.25, -0.2) is 9.67 Å². The summed E-state index contributed by atoms with van der Waals surface area (Å²) >= 11 is 0. The van der Waals surface area contributed by atoms with Crippen LogP contribution in [0.3, 0.4) is 0 Å². The van der Waals surface area contributed by atoms with Gasteiger partial charge in [0.1, 0.15) is 5.65 Å². The predicted octanol–water partition coefficient (Wildman–Crippen LogP) is 2.79. The smallest absolute Gasteiger partial charge is 0.258 e. The van der Waals surface area contributed by atoms with Crippen LogP contribution in [0.2, 0.25) is 0 Å². The van der Waals surface area contributed by atoms with E-state index in [1.54, 1.807) is 23.1 Å². The second-order valence-corrected chi connectivity index (χ2v) is 6.45. The molecular formula is C21H16N6O. The summed E-state index contributed by atoms with van der Waals surface area (Å²) in [4.78, 5) is 16.8. The molecule has 7 heteroatoms. The fourth-order valence-electron chi connectivity index (χ4n) is 3.14. The van der Waals surface area contributed by atoms with Crippen molar-refractivity contribution in [2.45, 2.75) is 6.54 Å². The molecule has 0 N–H and O–H groups in total. The van der Waals surface area contributed by atoms with E-state index >= 15 is 0 Å². The van der Waals surface area contributed by atoms with Crippen molar-refractivity contribution in [2.24, 2.45) is 0 Å². The summed E-state index contributed by atoms with van der Waals surface area (Å²) < 4.78 is 5.13. The zero-order valence-electron chi connectivity index (χ0n) is 14.9. The number of nitrogens with zero attached hydrogens (tertiary/aromatic N) is 6. The highest BCUT2D eigenvalue weighted by Gasteiger charge is 2.08. The molecule has 0 unspecified atom stereocenters. The van der Waals surface area contributed by atoms with Gasteiger partial charge in [0.05, 0.1) is 30.3 Å². The molecule has 4 heterocycles. The van der Waals surface area contributed by atoms with Crippen LogP contribution >= 0.6 is 0 Å². The van der Waals surface area contributed by atoms with E-state index in [0.717, 1.165) is 16.8 Å². The van der Waals surface area contributed by atoms with Gasteiger partial charge in [0, 0.05) is 35.8 Å². The SMILES string of the molecule is O=c1cc(Cn2cc(-c3cnn(-c4ccccc4)c3)cn2)nc2ccccn12. The van der Waals surface area contributed by atoms with E-state index in [4.69, 9.17) is 0 Å². The highest BCUT2D eigenvalue weighted by Crippen LogP contribution is 2.19. The van der Waals surface area contributed by atoms with E-state index in [9.17, 15) is 4.79 Å². The Morgan fingerprint density at radius 3 is 2.54 bits per heavy atom. The molecule has 4 aromatic heterocycles. The quantitative estimate of drug-likeness (QED) is 0.489. The molecular weight excluding hydrogens is 352 g/mol. The molecule has 0 amide bonds. The fourth-order valence-corrected chi connectivity index (χ4v) is 3.14. The maximum atomic E-state index is 12.2. The van der Waals surface area contributed by atoms with Gasteiger partial charge in [0.25, 0.3) is 5.56 Å². The van der Waals surface area contributed by atoms with E-state index in [1.165, 1.54) is 4.40 Å². The van der Waals surface area contributed by atoms with Crippen LogP contribution in [0, 0.1) is 0 Å². The summed E-state index contributed by atoms with van der Waals surface area (Å²) in [6, 6.07) is 17.0. The summed E-state index contributed by atoms with van der Waals surface area (Å²) in [5, 5.41) is 8.84. The van der Waals surface area contributed by atoms with Crippen molar-refractivity contribution in [2.75, 3.05) is 0 Å². The van der Waals surface area contributed by atoms with Crippen molar-refractivity contribution >= 4 is 5.65 Å². The number of benzene rings is 1. The Morgan fingerprint density at radius 2 is 1.64 bits per heavy atom. The third-order valence-electron chi connectivity index (χ3n) is 4.52. The first kappa shape index (κ1) is 16.2. The van der Waals surface area contributed by atoms with Crippen LogP contribution in [0.15, 0.2) is 90.4 Å². The summed E-state index contributed by atoms with van der Waals surface area (Å²) in [6.45, 7) is 0.424. The van der Waals surface area contributed by atoms with Crippen molar-refractivity contribution in [1.29, 1.82) is 0 Å². The summed E-state index contributed by atoms with van der Waals surface area (Å²) in [5.74, 6) is 0. The highest BCUT2D eigenvalue weighted by atomic mass is 16.1. The number of para-hydroxylation sites is 1. The lowest BCUT2D eigenvalue weighted by atomic mass is 10.2. The number of hydrogen-bond acceptors (Lipinski definition) is 4. The van der Waals surface area contributed by atoms with Crippen molar-refractivity contribution in [1.82, 2.24) is 28.9 Å². The summed E-state index contributed by atoms with van der Waals surface area (Å²) in [6.07, 6.45) is 9.22. The van der Waals surface area contributed by atoms with Gasteiger partial charge in [0.15, 0.2) is 0 Å². The highest BCUT2D eigenvalue weighted by molar-refractivity contribution is 5.60. The molecule has 0 bridgehead atoms. The molecule has 0 aliphatic carbocycles. The normalized spacial score (nSPS) is 11.1. The molecule has 5 aromatic rings. The van der Waals surface area contributed by atoms with Crippen LogP contribution in [-0.4, -0.2) is 28.9 Å². The minimum atomic E-state index is -0.0999. The molecule has 0 atom stereocenters.